The van der Waals surface area contributed by atoms with Gasteiger partial charge in [-0.2, -0.15) is 0 Å². The highest BCUT2D eigenvalue weighted by molar-refractivity contribution is 6.11. The summed E-state index contributed by atoms with van der Waals surface area (Å²) in [6.45, 7) is 3.50. The maximum atomic E-state index is 12.3. The average molecular weight is 350 g/mol. The summed E-state index contributed by atoms with van der Waals surface area (Å²) in [7, 11) is 0. The molecule has 3 rings (SSSR count). The van der Waals surface area contributed by atoms with Crippen LogP contribution < -0.4 is 10.9 Å². The number of pyridine rings is 1. The van der Waals surface area contributed by atoms with E-state index < -0.39 is 5.97 Å². The molecule has 132 valence electrons. The van der Waals surface area contributed by atoms with Gasteiger partial charge in [-0.15, -0.1) is 0 Å². The second kappa shape index (κ2) is 7.23. The second-order valence-electron chi connectivity index (χ2n) is 5.73. The molecule has 1 heterocycles. The SMILES string of the molecule is CCOC(=O)c1ccc(Nc2[nH]c(=O)c3ccccc3c2C(C)=O)cc1. The number of benzene rings is 2. The molecule has 2 N–H and O–H groups in total. The monoisotopic (exact) mass is 350 g/mol. The number of H-pyrrole nitrogens is 1. The number of aromatic nitrogens is 1. The highest BCUT2D eigenvalue weighted by atomic mass is 16.5. The average Bonchev–Trinajstić information content (AvgIpc) is 2.62. The van der Waals surface area contributed by atoms with Crippen molar-refractivity contribution in [2.45, 2.75) is 13.8 Å². The summed E-state index contributed by atoms with van der Waals surface area (Å²) >= 11 is 0. The lowest BCUT2D eigenvalue weighted by Gasteiger charge is -2.13. The third-order valence-corrected chi connectivity index (χ3v) is 3.95. The fraction of sp³-hybridized carbons (Fsp3) is 0.150. The van der Waals surface area contributed by atoms with Crippen molar-refractivity contribution >= 4 is 34.0 Å². The Morgan fingerprint density at radius 2 is 1.69 bits per heavy atom. The van der Waals surface area contributed by atoms with E-state index in [0.717, 1.165) is 0 Å². The van der Waals surface area contributed by atoms with Gasteiger partial charge in [0.05, 0.1) is 17.7 Å². The van der Waals surface area contributed by atoms with Crippen molar-refractivity contribution in [3.63, 3.8) is 0 Å². The van der Waals surface area contributed by atoms with Crippen LogP contribution in [0.15, 0.2) is 53.3 Å². The van der Waals surface area contributed by atoms with Gasteiger partial charge >= 0.3 is 5.97 Å². The van der Waals surface area contributed by atoms with E-state index in [4.69, 9.17) is 4.74 Å². The Morgan fingerprint density at radius 1 is 1.04 bits per heavy atom. The van der Waals surface area contributed by atoms with E-state index in [1.165, 1.54) is 6.92 Å². The number of rotatable bonds is 5. The number of ketones is 1. The van der Waals surface area contributed by atoms with Crippen molar-refractivity contribution in [3.8, 4) is 0 Å². The van der Waals surface area contributed by atoms with Crippen LogP contribution in [0.4, 0.5) is 11.5 Å². The Labute approximate surface area is 149 Å². The lowest BCUT2D eigenvalue weighted by Crippen LogP contribution is -2.14. The van der Waals surface area contributed by atoms with E-state index in [0.29, 0.717) is 40.0 Å². The fourth-order valence-electron chi connectivity index (χ4n) is 2.78. The van der Waals surface area contributed by atoms with Crippen LogP contribution in [0.25, 0.3) is 10.8 Å². The van der Waals surface area contributed by atoms with Gasteiger partial charge in [-0.05, 0) is 44.2 Å². The summed E-state index contributed by atoms with van der Waals surface area (Å²) < 4.78 is 4.95. The molecule has 0 fully saturated rings. The van der Waals surface area contributed by atoms with Gasteiger partial charge in [0.25, 0.3) is 5.56 Å². The summed E-state index contributed by atoms with van der Waals surface area (Å²) in [4.78, 5) is 38.9. The predicted octanol–water partition coefficient (Wildman–Crippen LogP) is 3.65. The molecule has 6 heteroatoms. The summed E-state index contributed by atoms with van der Waals surface area (Å²) in [5.41, 5.74) is 1.19. The number of Topliss-reactive ketones (excluding diaryl/α,β-unsaturated/α-hetero) is 1. The topological polar surface area (TPSA) is 88.3 Å². The molecule has 0 aliphatic rings. The van der Waals surface area contributed by atoms with Gasteiger partial charge in [-0.25, -0.2) is 4.79 Å². The Morgan fingerprint density at radius 3 is 2.31 bits per heavy atom. The van der Waals surface area contributed by atoms with Gasteiger partial charge in [-0.3, -0.25) is 9.59 Å². The van der Waals surface area contributed by atoms with Crippen molar-refractivity contribution < 1.29 is 14.3 Å². The number of fused-ring (bicyclic) bond motifs is 1. The summed E-state index contributed by atoms with van der Waals surface area (Å²) in [6, 6.07) is 13.6. The van der Waals surface area contributed by atoms with Crippen LogP contribution in [-0.2, 0) is 4.74 Å². The number of hydrogen-bond donors (Lipinski definition) is 2. The molecule has 0 saturated heterocycles. The molecule has 3 aromatic rings. The predicted molar refractivity (Wildman–Crippen MR) is 100 cm³/mol. The Bertz CT molecular complexity index is 1040. The molecule has 0 atom stereocenters. The lowest BCUT2D eigenvalue weighted by molar-refractivity contribution is 0.0526. The van der Waals surface area contributed by atoms with E-state index in [9.17, 15) is 14.4 Å². The lowest BCUT2D eigenvalue weighted by atomic mass is 10.0. The summed E-state index contributed by atoms with van der Waals surface area (Å²) in [5, 5.41) is 4.11. The van der Waals surface area contributed by atoms with E-state index in [-0.39, 0.29) is 11.3 Å². The van der Waals surface area contributed by atoms with Crippen LogP contribution in [0.3, 0.4) is 0 Å². The van der Waals surface area contributed by atoms with Gasteiger partial charge < -0.3 is 15.0 Å². The first-order chi connectivity index (χ1) is 12.5. The number of hydrogen-bond acceptors (Lipinski definition) is 5. The van der Waals surface area contributed by atoms with Gasteiger partial charge in [-0.1, -0.05) is 18.2 Å². The number of aromatic amines is 1. The molecular weight excluding hydrogens is 332 g/mol. The number of anilines is 2. The number of ether oxygens (including phenoxy) is 1. The van der Waals surface area contributed by atoms with Crippen molar-refractivity contribution in [3.05, 3.63) is 70.0 Å². The van der Waals surface area contributed by atoms with E-state index in [2.05, 4.69) is 10.3 Å². The summed E-state index contributed by atoms with van der Waals surface area (Å²) in [6.07, 6.45) is 0. The molecule has 26 heavy (non-hydrogen) atoms. The fourth-order valence-corrected chi connectivity index (χ4v) is 2.78. The largest absolute Gasteiger partial charge is 0.462 e. The van der Waals surface area contributed by atoms with Crippen LogP contribution >= 0.6 is 0 Å². The number of esters is 1. The molecule has 1 aromatic heterocycles. The molecular formula is C20H18N2O4. The molecule has 0 radical (unpaired) electrons. The van der Waals surface area contributed by atoms with Crippen molar-refractivity contribution in [2.75, 3.05) is 11.9 Å². The van der Waals surface area contributed by atoms with Crippen LogP contribution in [0.1, 0.15) is 34.6 Å². The minimum absolute atomic E-state index is 0.164. The van der Waals surface area contributed by atoms with Crippen molar-refractivity contribution in [2.24, 2.45) is 0 Å². The molecule has 0 unspecified atom stereocenters. The van der Waals surface area contributed by atoms with Gasteiger partial charge in [0.15, 0.2) is 5.78 Å². The van der Waals surface area contributed by atoms with Gasteiger partial charge in [0.2, 0.25) is 0 Å². The third-order valence-electron chi connectivity index (χ3n) is 3.95. The maximum Gasteiger partial charge on any atom is 0.338 e. The van der Waals surface area contributed by atoms with E-state index >= 15 is 0 Å². The van der Waals surface area contributed by atoms with Gasteiger partial charge in [0, 0.05) is 16.5 Å². The number of carbonyl (C=O) groups is 2. The molecule has 0 amide bonds. The second-order valence-corrected chi connectivity index (χ2v) is 5.73. The molecule has 6 nitrogen and oxygen atoms in total. The first-order valence-electron chi connectivity index (χ1n) is 8.21. The van der Waals surface area contributed by atoms with Gasteiger partial charge in [0.1, 0.15) is 5.82 Å². The Hall–Kier alpha value is -3.41. The molecule has 0 saturated carbocycles. The van der Waals surface area contributed by atoms with Crippen molar-refractivity contribution in [1.82, 2.24) is 4.98 Å². The van der Waals surface area contributed by atoms with Crippen LogP contribution in [-0.4, -0.2) is 23.3 Å². The minimum Gasteiger partial charge on any atom is -0.462 e. The third kappa shape index (κ3) is 3.35. The molecule has 0 bridgehead atoms. The Balaban J connectivity index is 2.01. The first kappa shape index (κ1) is 17.4. The zero-order valence-corrected chi connectivity index (χ0v) is 14.5. The summed E-state index contributed by atoms with van der Waals surface area (Å²) in [5.74, 6) is -0.240. The Kier molecular flexibility index (Phi) is 4.84. The maximum absolute atomic E-state index is 12.3. The number of carbonyl (C=O) groups excluding carboxylic acids is 2. The smallest absolute Gasteiger partial charge is 0.338 e. The van der Waals surface area contributed by atoms with E-state index in [1.54, 1.807) is 55.5 Å². The highest BCUT2D eigenvalue weighted by Crippen LogP contribution is 2.25. The molecule has 0 aliphatic carbocycles. The molecule has 0 spiro atoms. The van der Waals surface area contributed by atoms with Crippen LogP contribution in [0, 0.1) is 0 Å². The molecule has 0 aliphatic heterocycles. The normalized spacial score (nSPS) is 10.5. The first-order valence-corrected chi connectivity index (χ1v) is 8.21. The zero-order valence-electron chi connectivity index (χ0n) is 14.5. The van der Waals surface area contributed by atoms with E-state index in [1.807, 2.05) is 0 Å². The quantitative estimate of drug-likeness (QED) is 0.542. The van der Waals surface area contributed by atoms with Crippen molar-refractivity contribution in [1.29, 1.82) is 0 Å². The number of nitrogens with one attached hydrogen (secondary N) is 2. The minimum atomic E-state index is -0.400. The molecule has 2 aromatic carbocycles. The highest BCUT2D eigenvalue weighted by Gasteiger charge is 2.15. The van der Waals surface area contributed by atoms with Crippen LogP contribution in [0.5, 0.6) is 0 Å². The standard InChI is InChI=1S/C20H18N2O4/c1-3-26-20(25)13-8-10-14(11-9-13)21-18-17(12(2)23)15-6-4-5-7-16(15)19(24)22-18/h4-11H,3H2,1-2H3,(H2,21,22,24). The zero-order chi connectivity index (χ0) is 18.7. The van der Waals surface area contributed by atoms with Crippen LogP contribution in [0.2, 0.25) is 0 Å².